The Hall–Kier alpha value is -1.37. The van der Waals surface area contributed by atoms with Gasteiger partial charge in [0, 0.05) is 43.8 Å². The number of hydrogen-bond acceptors (Lipinski definition) is 3. The average Bonchev–Trinajstić information content (AvgIpc) is 2.72. The van der Waals surface area contributed by atoms with Crippen LogP contribution >= 0.6 is 0 Å². The zero-order chi connectivity index (χ0) is 14.6. The quantitative estimate of drug-likeness (QED) is 0.755. The summed E-state index contributed by atoms with van der Waals surface area (Å²) in [5.41, 5.74) is 2.37. The molecule has 5 nitrogen and oxygen atoms in total. The van der Waals surface area contributed by atoms with Crippen molar-refractivity contribution in [3.63, 3.8) is 0 Å². The van der Waals surface area contributed by atoms with E-state index in [1.54, 1.807) is 6.92 Å². The molecule has 0 aliphatic heterocycles. The van der Waals surface area contributed by atoms with Crippen molar-refractivity contribution in [2.24, 2.45) is 7.05 Å². The van der Waals surface area contributed by atoms with Gasteiger partial charge in [-0.25, -0.2) is 13.1 Å². The number of nitrogens with one attached hydrogen (secondary N) is 2. The van der Waals surface area contributed by atoms with E-state index in [1.807, 2.05) is 19.2 Å². The monoisotopic (exact) mass is 295 g/mol. The first-order valence-corrected chi connectivity index (χ1v) is 8.39. The van der Waals surface area contributed by atoms with E-state index < -0.39 is 10.0 Å². The lowest BCUT2D eigenvalue weighted by atomic mass is 10.2. The molecule has 0 saturated heterocycles. The Balaban J connectivity index is 1.94. The molecule has 0 atom stereocenters. The molecule has 2 rings (SSSR count). The minimum atomic E-state index is -3.14. The minimum Gasteiger partial charge on any atom is -0.350 e. The maximum Gasteiger partial charge on any atom is 0.212 e. The lowest BCUT2D eigenvalue weighted by Gasteiger charge is -2.05. The van der Waals surface area contributed by atoms with Gasteiger partial charge in [-0.1, -0.05) is 25.1 Å². The molecule has 0 spiro atoms. The van der Waals surface area contributed by atoms with Gasteiger partial charge in [0.25, 0.3) is 0 Å². The number of aryl methyl sites for hydroxylation is 1. The van der Waals surface area contributed by atoms with E-state index in [0.717, 1.165) is 0 Å². The highest BCUT2D eigenvalue weighted by atomic mass is 32.2. The zero-order valence-electron chi connectivity index (χ0n) is 11.9. The fourth-order valence-corrected chi connectivity index (χ4v) is 3.29. The summed E-state index contributed by atoms with van der Waals surface area (Å²) in [4.78, 5) is 0. The minimum absolute atomic E-state index is 0.103. The molecule has 0 amide bonds. The first-order valence-electron chi connectivity index (χ1n) is 6.74. The lowest BCUT2D eigenvalue weighted by molar-refractivity contribution is 0.579. The lowest BCUT2D eigenvalue weighted by Crippen LogP contribution is -2.31. The van der Waals surface area contributed by atoms with Gasteiger partial charge in [0.1, 0.15) is 0 Å². The third kappa shape index (κ3) is 3.59. The Morgan fingerprint density at radius 3 is 2.75 bits per heavy atom. The van der Waals surface area contributed by atoms with Crippen molar-refractivity contribution in [1.82, 2.24) is 14.6 Å². The number of para-hydroxylation sites is 1. The van der Waals surface area contributed by atoms with Crippen LogP contribution in [0, 0.1) is 0 Å². The molecular weight excluding hydrogens is 274 g/mol. The van der Waals surface area contributed by atoms with Crippen molar-refractivity contribution in [3.05, 3.63) is 36.0 Å². The Bertz CT molecular complexity index is 677. The van der Waals surface area contributed by atoms with Crippen molar-refractivity contribution in [3.8, 4) is 0 Å². The molecule has 0 unspecified atom stereocenters. The predicted molar refractivity (Wildman–Crippen MR) is 82.1 cm³/mol. The van der Waals surface area contributed by atoms with Crippen LogP contribution < -0.4 is 10.0 Å². The summed E-state index contributed by atoms with van der Waals surface area (Å²) in [6.45, 7) is 3.33. The maximum atomic E-state index is 11.5. The van der Waals surface area contributed by atoms with Crippen molar-refractivity contribution in [1.29, 1.82) is 0 Å². The van der Waals surface area contributed by atoms with Crippen LogP contribution in [0.2, 0.25) is 0 Å². The summed E-state index contributed by atoms with van der Waals surface area (Å²) >= 11 is 0. The van der Waals surface area contributed by atoms with Gasteiger partial charge in [-0.05, 0) is 11.6 Å². The SMILES string of the molecule is CCNS(=O)(=O)CCNCc1cn(C)c2ccccc12. The summed E-state index contributed by atoms with van der Waals surface area (Å²) in [7, 11) is -1.13. The smallest absolute Gasteiger partial charge is 0.212 e. The normalized spacial score (nSPS) is 12.1. The molecule has 0 bridgehead atoms. The van der Waals surface area contributed by atoms with E-state index in [9.17, 15) is 8.42 Å². The average molecular weight is 295 g/mol. The Morgan fingerprint density at radius 1 is 1.25 bits per heavy atom. The van der Waals surface area contributed by atoms with Crippen molar-refractivity contribution in [2.75, 3.05) is 18.8 Å². The first-order chi connectivity index (χ1) is 9.53. The van der Waals surface area contributed by atoms with Crippen LogP contribution in [-0.2, 0) is 23.6 Å². The molecule has 110 valence electrons. The Morgan fingerprint density at radius 2 is 2.00 bits per heavy atom. The second-order valence-electron chi connectivity index (χ2n) is 4.78. The van der Waals surface area contributed by atoms with Gasteiger partial charge in [0.2, 0.25) is 10.0 Å². The van der Waals surface area contributed by atoms with E-state index in [-0.39, 0.29) is 5.75 Å². The number of aromatic nitrogens is 1. The molecule has 0 aliphatic rings. The van der Waals surface area contributed by atoms with E-state index >= 15 is 0 Å². The molecular formula is C14H21N3O2S. The van der Waals surface area contributed by atoms with Crippen LogP contribution in [-0.4, -0.2) is 31.8 Å². The van der Waals surface area contributed by atoms with Gasteiger partial charge in [-0.2, -0.15) is 0 Å². The molecule has 6 heteroatoms. The summed E-state index contributed by atoms with van der Waals surface area (Å²) in [6.07, 6.45) is 2.08. The van der Waals surface area contributed by atoms with E-state index in [0.29, 0.717) is 19.6 Å². The van der Waals surface area contributed by atoms with Gasteiger partial charge in [-0.3, -0.25) is 0 Å². The molecule has 0 aliphatic carbocycles. The topological polar surface area (TPSA) is 63.1 Å². The van der Waals surface area contributed by atoms with Gasteiger partial charge in [0.05, 0.1) is 5.75 Å². The summed E-state index contributed by atoms with van der Waals surface area (Å²) in [5, 5.41) is 4.39. The Kier molecular flexibility index (Phi) is 4.80. The van der Waals surface area contributed by atoms with Gasteiger partial charge < -0.3 is 9.88 Å². The van der Waals surface area contributed by atoms with Crippen LogP contribution in [0.15, 0.2) is 30.5 Å². The molecule has 2 N–H and O–H groups in total. The van der Waals surface area contributed by atoms with Crippen LogP contribution in [0.5, 0.6) is 0 Å². The first kappa shape index (κ1) is 15.0. The number of fused-ring (bicyclic) bond motifs is 1. The fraction of sp³-hybridized carbons (Fsp3) is 0.429. The zero-order valence-corrected chi connectivity index (χ0v) is 12.7. The highest BCUT2D eigenvalue weighted by Crippen LogP contribution is 2.19. The number of rotatable bonds is 7. The Labute approximate surface area is 120 Å². The highest BCUT2D eigenvalue weighted by molar-refractivity contribution is 7.89. The van der Waals surface area contributed by atoms with Crippen molar-refractivity contribution < 1.29 is 8.42 Å². The number of hydrogen-bond donors (Lipinski definition) is 2. The molecule has 0 saturated carbocycles. The number of benzene rings is 1. The maximum absolute atomic E-state index is 11.5. The fourth-order valence-electron chi connectivity index (χ4n) is 2.29. The standard InChI is InChI=1S/C14H21N3O2S/c1-3-16-20(18,19)9-8-15-10-12-11-17(2)14-7-5-4-6-13(12)14/h4-7,11,15-16H,3,8-10H2,1-2H3. The second kappa shape index (κ2) is 6.39. The van der Waals surface area contributed by atoms with Crippen LogP contribution in [0.25, 0.3) is 10.9 Å². The van der Waals surface area contributed by atoms with E-state index in [4.69, 9.17) is 0 Å². The number of sulfonamides is 1. The number of nitrogens with zero attached hydrogens (tertiary/aromatic N) is 1. The summed E-state index contributed by atoms with van der Waals surface area (Å²) in [5.74, 6) is 0.103. The highest BCUT2D eigenvalue weighted by Gasteiger charge is 2.08. The van der Waals surface area contributed by atoms with Gasteiger partial charge >= 0.3 is 0 Å². The van der Waals surface area contributed by atoms with Gasteiger partial charge in [0.15, 0.2) is 0 Å². The molecule has 1 heterocycles. The second-order valence-corrected chi connectivity index (χ2v) is 6.70. The third-order valence-corrected chi connectivity index (χ3v) is 4.68. The molecule has 1 aromatic carbocycles. The molecule has 2 aromatic rings. The predicted octanol–water partition coefficient (Wildman–Crippen LogP) is 1.21. The molecule has 20 heavy (non-hydrogen) atoms. The van der Waals surface area contributed by atoms with Crippen LogP contribution in [0.4, 0.5) is 0 Å². The molecule has 0 radical (unpaired) electrons. The van der Waals surface area contributed by atoms with Crippen LogP contribution in [0.3, 0.4) is 0 Å². The van der Waals surface area contributed by atoms with E-state index in [2.05, 4.69) is 32.9 Å². The van der Waals surface area contributed by atoms with Crippen molar-refractivity contribution in [2.45, 2.75) is 13.5 Å². The largest absolute Gasteiger partial charge is 0.350 e. The molecule has 0 fully saturated rings. The summed E-state index contributed by atoms with van der Waals surface area (Å²) < 4.78 is 27.6. The summed E-state index contributed by atoms with van der Waals surface area (Å²) in [6, 6.07) is 8.19. The molecule has 1 aromatic heterocycles. The van der Waals surface area contributed by atoms with E-state index in [1.165, 1.54) is 16.5 Å². The van der Waals surface area contributed by atoms with Crippen LogP contribution in [0.1, 0.15) is 12.5 Å². The van der Waals surface area contributed by atoms with Crippen molar-refractivity contribution >= 4 is 20.9 Å². The third-order valence-electron chi connectivity index (χ3n) is 3.21. The van der Waals surface area contributed by atoms with Gasteiger partial charge in [-0.15, -0.1) is 0 Å².